The van der Waals surface area contributed by atoms with Gasteiger partial charge in [-0.15, -0.1) is 0 Å². The highest BCUT2D eigenvalue weighted by molar-refractivity contribution is 6.07. The van der Waals surface area contributed by atoms with Gasteiger partial charge in [-0.2, -0.15) is 0 Å². The average molecular weight is 465 g/mol. The van der Waals surface area contributed by atoms with E-state index in [2.05, 4.69) is 22.3 Å². The highest BCUT2D eigenvalue weighted by Crippen LogP contribution is 2.29. The molecule has 2 heterocycles. The van der Waals surface area contributed by atoms with Crippen LogP contribution < -0.4 is 5.32 Å². The summed E-state index contributed by atoms with van der Waals surface area (Å²) in [7, 11) is 1.33. The van der Waals surface area contributed by atoms with Crippen LogP contribution in [0.25, 0.3) is 0 Å². The van der Waals surface area contributed by atoms with Crippen LogP contribution in [0.15, 0.2) is 54.6 Å². The first-order valence-corrected chi connectivity index (χ1v) is 11.6. The lowest BCUT2D eigenvalue weighted by Crippen LogP contribution is -2.58. The van der Waals surface area contributed by atoms with Gasteiger partial charge < -0.3 is 10.1 Å². The van der Waals surface area contributed by atoms with E-state index in [9.17, 15) is 14.4 Å². The number of methoxy groups -OCH3 is 1. The number of amides is 3. The van der Waals surface area contributed by atoms with Crippen LogP contribution in [0, 0.1) is 6.92 Å². The number of aryl methyl sites for hydroxylation is 1. The summed E-state index contributed by atoms with van der Waals surface area (Å²) in [4.78, 5) is 43.8. The number of benzene rings is 2. The van der Waals surface area contributed by atoms with Crippen LogP contribution in [0.4, 0.5) is 4.79 Å². The molecule has 1 spiro atoms. The first-order valence-electron chi connectivity index (χ1n) is 11.6. The van der Waals surface area contributed by atoms with Crippen LogP contribution >= 0.6 is 0 Å². The van der Waals surface area contributed by atoms with E-state index < -0.39 is 17.5 Å². The molecule has 4 rings (SSSR count). The number of nitrogens with one attached hydrogen (secondary N) is 1. The molecule has 0 aromatic heterocycles. The summed E-state index contributed by atoms with van der Waals surface area (Å²) in [5.41, 5.74) is 2.36. The quantitative estimate of drug-likeness (QED) is 0.478. The molecule has 0 saturated carbocycles. The first-order chi connectivity index (χ1) is 16.4. The smallest absolute Gasteiger partial charge is 0.326 e. The predicted octanol–water partition coefficient (Wildman–Crippen LogP) is 2.51. The normalized spacial score (nSPS) is 20.7. The standard InChI is InChI=1S/C26H32N4O4/c1-20-9-6-7-12-22(20)16-29(17-23(31)34-2)19-30-24(32)26(27-25(30)33)13-8-14-28(18-26)15-21-10-4-3-5-11-21/h3-7,9-12H,8,13-19H2,1-2H3,(H,27,33). The minimum atomic E-state index is -0.927. The number of ether oxygens (including phenoxy) is 1. The lowest BCUT2D eigenvalue weighted by Gasteiger charge is -2.38. The Kier molecular flexibility index (Phi) is 7.29. The summed E-state index contributed by atoms with van der Waals surface area (Å²) >= 11 is 0. The summed E-state index contributed by atoms with van der Waals surface area (Å²) in [5, 5.41) is 2.99. The van der Waals surface area contributed by atoms with Gasteiger partial charge in [0.2, 0.25) is 0 Å². The Morgan fingerprint density at radius 1 is 1.12 bits per heavy atom. The van der Waals surface area contributed by atoms with Crippen molar-refractivity contribution in [2.75, 3.05) is 33.4 Å². The number of likely N-dealkylation sites (tertiary alicyclic amines) is 1. The molecule has 34 heavy (non-hydrogen) atoms. The van der Waals surface area contributed by atoms with Crippen molar-refractivity contribution in [2.45, 2.75) is 38.4 Å². The van der Waals surface area contributed by atoms with Gasteiger partial charge in [-0.05, 0) is 43.0 Å². The molecule has 2 fully saturated rings. The third-order valence-electron chi connectivity index (χ3n) is 6.64. The molecular weight excluding hydrogens is 432 g/mol. The number of hydrogen-bond acceptors (Lipinski definition) is 6. The Labute approximate surface area is 200 Å². The van der Waals surface area contributed by atoms with E-state index in [4.69, 9.17) is 4.74 Å². The zero-order valence-corrected chi connectivity index (χ0v) is 19.8. The number of rotatable bonds is 8. The van der Waals surface area contributed by atoms with E-state index in [1.165, 1.54) is 17.6 Å². The number of carbonyl (C=O) groups excluding carboxylic acids is 3. The zero-order chi connectivity index (χ0) is 24.1. The lowest BCUT2D eigenvalue weighted by atomic mass is 9.88. The maximum atomic E-state index is 13.6. The Balaban J connectivity index is 1.48. The molecule has 8 heteroatoms. The van der Waals surface area contributed by atoms with Gasteiger partial charge >= 0.3 is 12.0 Å². The summed E-state index contributed by atoms with van der Waals surface area (Å²) in [6.45, 7) is 4.50. The van der Waals surface area contributed by atoms with Gasteiger partial charge in [-0.3, -0.25) is 19.4 Å². The highest BCUT2D eigenvalue weighted by Gasteiger charge is 2.53. The monoisotopic (exact) mass is 464 g/mol. The van der Waals surface area contributed by atoms with E-state index >= 15 is 0 Å². The lowest BCUT2D eigenvalue weighted by molar-refractivity contribution is -0.144. The average Bonchev–Trinajstić information content (AvgIpc) is 3.04. The first kappa shape index (κ1) is 23.9. The molecule has 1 unspecified atom stereocenters. The maximum Gasteiger partial charge on any atom is 0.326 e. The number of urea groups is 1. The fourth-order valence-corrected chi connectivity index (χ4v) is 4.83. The van der Waals surface area contributed by atoms with E-state index in [1.807, 2.05) is 49.4 Å². The molecule has 2 aromatic carbocycles. The minimum absolute atomic E-state index is 0.0188. The van der Waals surface area contributed by atoms with Crippen molar-refractivity contribution in [1.29, 1.82) is 0 Å². The van der Waals surface area contributed by atoms with Gasteiger partial charge in [0.25, 0.3) is 5.91 Å². The Hall–Kier alpha value is -3.23. The van der Waals surface area contributed by atoms with E-state index in [1.54, 1.807) is 4.90 Å². The molecule has 0 radical (unpaired) electrons. The Bertz CT molecular complexity index is 1040. The molecule has 2 aliphatic rings. The van der Waals surface area contributed by atoms with Crippen molar-refractivity contribution >= 4 is 17.9 Å². The second kappa shape index (κ2) is 10.4. The van der Waals surface area contributed by atoms with Gasteiger partial charge in [-0.1, -0.05) is 54.6 Å². The van der Waals surface area contributed by atoms with E-state index in [-0.39, 0.29) is 19.1 Å². The van der Waals surface area contributed by atoms with Gasteiger partial charge in [-0.25, -0.2) is 9.69 Å². The fourth-order valence-electron chi connectivity index (χ4n) is 4.83. The fraction of sp³-hybridized carbons (Fsp3) is 0.423. The van der Waals surface area contributed by atoms with Gasteiger partial charge in [0.15, 0.2) is 0 Å². The molecule has 2 aromatic rings. The van der Waals surface area contributed by atoms with Crippen molar-refractivity contribution in [1.82, 2.24) is 20.0 Å². The maximum absolute atomic E-state index is 13.6. The third kappa shape index (κ3) is 5.29. The minimum Gasteiger partial charge on any atom is -0.468 e. The van der Waals surface area contributed by atoms with Crippen molar-refractivity contribution in [3.8, 4) is 0 Å². The molecule has 2 aliphatic heterocycles. The van der Waals surface area contributed by atoms with E-state index in [0.717, 1.165) is 30.6 Å². The number of nitrogens with zero attached hydrogens (tertiary/aromatic N) is 3. The summed E-state index contributed by atoms with van der Waals surface area (Å²) < 4.78 is 4.86. The van der Waals surface area contributed by atoms with Crippen molar-refractivity contribution in [3.05, 3.63) is 71.3 Å². The third-order valence-corrected chi connectivity index (χ3v) is 6.64. The summed E-state index contributed by atoms with van der Waals surface area (Å²) in [6.07, 6.45) is 1.43. The summed E-state index contributed by atoms with van der Waals surface area (Å²) in [6, 6.07) is 17.6. The molecule has 1 N–H and O–H groups in total. The van der Waals surface area contributed by atoms with Crippen LogP contribution in [0.2, 0.25) is 0 Å². The van der Waals surface area contributed by atoms with Crippen molar-refractivity contribution in [2.24, 2.45) is 0 Å². The number of carbonyl (C=O) groups is 3. The Morgan fingerprint density at radius 3 is 2.59 bits per heavy atom. The van der Waals surface area contributed by atoms with Crippen molar-refractivity contribution in [3.63, 3.8) is 0 Å². The van der Waals surface area contributed by atoms with Crippen molar-refractivity contribution < 1.29 is 19.1 Å². The van der Waals surface area contributed by atoms with Crippen LogP contribution in [0.5, 0.6) is 0 Å². The molecule has 3 amide bonds. The zero-order valence-electron chi connectivity index (χ0n) is 19.8. The second-order valence-corrected chi connectivity index (χ2v) is 9.18. The van der Waals surface area contributed by atoms with E-state index in [0.29, 0.717) is 19.5 Å². The summed E-state index contributed by atoms with van der Waals surface area (Å²) in [5.74, 6) is -0.642. The molecule has 1 atom stereocenters. The molecule has 0 aliphatic carbocycles. The molecule has 8 nitrogen and oxygen atoms in total. The SMILES string of the molecule is COC(=O)CN(Cc1ccccc1C)CN1C(=O)NC2(CCCN(Cc3ccccc3)C2)C1=O. The molecule has 0 bridgehead atoms. The Morgan fingerprint density at radius 2 is 1.85 bits per heavy atom. The molecule has 2 saturated heterocycles. The highest BCUT2D eigenvalue weighted by atomic mass is 16.5. The largest absolute Gasteiger partial charge is 0.468 e. The number of piperidine rings is 1. The van der Waals surface area contributed by atoms with Crippen LogP contribution in [0.3, 0.4) is 0 Å². The van der Waals surface area contributed by atoms with Crippen LogP contribution in [0.1, 0.15) is 29.5 Å². The van der Waals surface area contributed by atoms with Gasteiger partial charge in [0.1, 0.15) is 5.54 Å². The van der Waals surface area contributed by atoms with Crippen LogP contribution in [-0.4, -0.2) is 71.6 Å². The second-order valence-electron chi connectivity index (χ2n) is 9.18. The molecule has 180 valence electrons. The number of hydrogen-bond donors (Lipinski definition) is 1. The number of imide groups is 1. The van der Waals surface area contributed by atoms with Gasteiger partial charge in [0, 0.05) is 19.6 Å². The topological polar surface area (TPSA) is 82.2 Å². The van der Waals surface area contributed by atoms with Crippen LogP contribution in [-0.2, 0) is 27.4 Å². The van der Waals surface area contributed by atoms with Gasteiger partial charge in [0.05, 0.1) is 20.3 Å². The number of esters is 1. The predicted molar refractivity (Wildman–Crippen MR) is 128 cm³/mol. The molecular formula is C26H32N4O4.